The van der Waals surface area contributed by atoms with E-state index in [0.717, 1.165) is 22.5 Å². The topological polar surface area (TPSA) is 46.9 Å². The summed E-state index contributed by atoms with van der Waals surface area (Å²) in [4.78, 5) is 16.4. The number of para-hydroxylation sites is 3. The summed E-state index contributed by atoms with van der Waals surface area (Å²) >= 11 is 0. The Bertz CT molecular complexity index is 777. The van der Waals surface area contributed by atoms with Crippen LogP contribution in [0.3, 0.4) is 0 Å². The van der Waals surface area contributed by atoms with E-state index in [1.807, 2.05) is 43.3 Å². The highest BCUT2D eigenvalue weighted by molar-refractivity contribution is 5.79. The van der Waals surface area contributed by atoms with Gasteiger partial charge >= 0.3 is 0 Å². The molecule has 1 heterocycles. The van der Waals surface area contributed by atoms with E-state index in [2.05, 4.69) is 28.1 Å². The molecule has 1 amide bonds. The fourth-order valence-electron chi connectivity index (χ4n) is 2.62. The molecule has 1 N–H and O–H groups in total. The van der Waals surface area contributed by atoms with Gasteiger partial charge in [0, 0.05) is 25.1 Å². The molecule has 112 valence electrons. The van der Waals surface area contributed by atoms with Crippen LogP contribution in [0, 0.1) is 0 Å². The van der Waals surface area contributed by atoms with Gasteiger partial charge in [0.1, 0.15) is 5.82 Å². The van der Waals surface area contributed by atoms with Crippen molar-refractivity contribution in [3.8, 4) is 5.69 Å². The van der Waals surface area contributed by atoms with Gasteiger partial charge in [-0.25, -0.2) is 4.98 Å². The third-order valence-corrected chi connectivity index (χ3v) is 3.59. The van der Waals surface area contributed by atoms with Crippen LogP contribution < -0.4 is 5.32 Å². The molecule has 3 aromatic rings. The number of hydrogen-bond donors (Lipinski definition) is 1. The average Bonchev–Trinajstić information content (AvgIpc) is 2.92. The Hall–Kier alpha value is -2.62. The first-order chi connectivity index (χ1) is 10.8. The lowest BCUT2D eigenvalue weighted by atomic mass is 10.2. The fourth-order valence-corrected chi connectivity index (χ4v) is 2.62. The molecule has 22 heavy (non-hydrogen) atoms. The van der Waals surface area contributed by atoms with E-state index in [1.165, 1.54) is 0 Å². The second-order valence-electron chi connectivity index (χ2n) is 5.14. The third kappa shape index (κ3) is 2.86. The zero-order valence-corrected chi connectivity index (χ0v) is 12.6. The maximum Gasteiger partial charge on any atom is 0.220 e. The Kier molecular flexibility index (Phi) is 4.19. The molecule has 3 rings (SSSR count). The van der Waals surface area contributed by atoms with Crippen molar-refractivity contribution in [1.29, 1.82) is 0 Å². The molecule has 1 aromatic heterocycles. The minimum absolute atomic E-state index is 0.0640. The smallest absolute Gasteiger partial charge is 0.220 e. The van der Waals surface area contributed by atoms with E-state index in [-0.39, 0.29) is 5.91 Å². The molecule has 0 spiro atoms. The van der Waals surface area contributed by atoms with Crippen molar-refractivity contribution in [2.45, 2.75) is 19.8 Å². The summed E-state index contributed by atoms with van der Waals surface area (Å²) in [6.07, 6.45) is 1.07. The second kappa shape index (κ2) is 6.43. The largest absolute Gasteiger partial charge is 0.356 e. The molecular formula is C18H19N3O. The van der Waals surface area contributed by atoms with Crippen molar-refractivity contribution in [2.24, 2.45) is 0 Å². The lowest BCUT2D eigenvalue weighted by Crippen LogP contribution is -2.23. The van der Waals surface area contributed by atoms with Crippen LogP contribution >= 0.6 is 0 Å². The van der Waals surface area contributed by atoms with Crippen molar-refractivity contribution in [3.63, 3.8) is 0 Å². The van der Waals surface area contributed by atoms with Gasteiger partial charge in [0.2, 0.25) is 5.91 Å². The molecule has 0 atom stereocenters. The average molecular weight is 293 g/mol. The highest BCUT2D eigenvalue weighted by atomic mass is 16.1. The van der Waals surface area contributed by atoms with Crippen molar-refractivity contribution in [3.05, 3.63) is 60.4 Å². The molecule has 0 unspecified atom stereocenters. The molecule has 2 aromatic carbocycles. The Balaban J connectivity index is 2.00. The zero-order chi connectivity index (χ0) is 15.4. The van der Waals surface area contributed by atoms with Crippen LogP contribution in [-0.4, -0.2) is 22.0 Å². The quantitative estimate of drug-likeness (QED) is 0.785. The highest BCUT2D eigenvalue weighted by Crippen LogP contribution is 2.22. The Morgan fingerprint density at radius 2 is 1.82 bits per heavy atom. The van der Waals surface area contributed by atoms with Gasteiger partial charge in [0.25, 0.3) is 0 Å². The second-order valence-corrected chi connectivity index (χ2v) is 5.14. The Morgan fingerprint density at radius 3 is 2.59 bits per heavy atom. The van der Waals surface area contributed by atoms with Gasteiger partial charge in [-0.15, -0.1) is 0 Å². The van der Waals surface area contributed by atoms with Crippen LogP contribution in [0.1, 0.15) is 19.2 Å². The van der Waals surface area contributed by atoms with Crippen LogP contribution in [0.4, 0.5) is 0 Å². The van der Waals surface area contributed by atoms with Crippen molar-refractivity contribution >= 4 is 16.9 Å². The zero-order valence-electron chi connectivity index (χ0n) is 12.6. The normalized spacial score (nSPS) is 10.8. The number of aromatic nitrogens is 2. The highest BCUT2D eigenvalue weighted by Gasteiger charge is 2.13. The van der Waals surface area contributed by atoms with Gasteiger partial charge in [0.05, 0.1) is 11.0 Å². The molecular weight excluding hydrogens is 274 g/mol. The van der Waals surface area contributed by atoms with Crippen molar-refractivity contribution < 1.29 is 4.79 Å². The van der Waals surface area contributed by atoms with Gasteiger partial charge in [-0.05, 0) is 31.2 Å². The van der Waals surface area contributed by atoms with E-state index in [4.69, 9.17) is 4.98 Å². The van der Waals surface area contributed by atoms with Gasteiger partial charge in [-0.3, -0.25) is 9.36 Å². The maximum atomic E-state index is 11.7. The van der Waals surface area contributed by atoms with Crippen LogP contribution in [0.25, 0.3) is 16.7 Å². The first-order valence-corrected chi connectivity index (χ1v) is 7.58. The minimum atomic E-state index is 0.0640. The van der Waals surface area contributed by atoms with Crippen molar-refractivity contribution in [2.75, 3.05) is 6.54 Å². The Labute approximate surface area is 129 Å². The first-order valence-electron chi connectivity index (χ1n) is 7.58. The molecule has 0 fully saturated rings. The van der Waals surface area contributed by atoms with E-state index >= 15 is 0 Å². The number of fused-ring (bicyclic) bond motifs is 1. The first kappa shape index (κ1) is 14.3. The summed E-state index contributed by atoms with van der Waals surface area (Å²) < 4.78 is 2.13. The van der Waals surface area contributed by atoms with Gasteiger partial charge < -0.3 is 5.32 Å². The van der Waals surface area contributed by atoms with Gasteiger partial charge in [-0.2, -0.15) is 0 Å². The Morgan fingerprint density at radius 1 is 1.09 bits per heavy atom. The van der Waals surface area contributed by atoms with Crippen molar-refractivity contribution in [1.82, 2.24) is 14.9 Å². The lowest BCUT2D eigenvalue weighted by molar-refractivity contribution is -0.120. The number of carbonyl (C=O) groups is 1. The minimum Gasteiger partial charge on any atom is -0.356 e. The van der Waals surface area contributed by atoms with Crippen LogP contribution in [0.15, 0.2) is 54.6 Å². The molecule has 0 aliphatic heterocycles. The molecule has 0 aliphatic carbocycles. The van der Waals surface area contributed by atoms with E-state index in [1.54, 1.807) is 0 Å². The molecule has 4 heteroatoms. The van der Waals surface area contributed by atoms with E-state index < -0.39 is 0 Å². The predicted octanol–water partition coefficient (Wildman–Crippen LogP) is 3.09. The number of aryl methyl sites for hydroxylation is 1. The molecule has 4 nitrogen and oxygen atoms in total. The summed E-state index contributed by atoms with van der Waals surface area (Å²) in [5.74, 6) is 0.979. The lowest BCUT2D eigenvalue weighted by Gasteiger charge is -2.09. The molecule has 0 bridgehead atoms. The van der Waals surface area contributed by atoms with Gasteiger partial charge in [0.15, 0.2) is 0 Å². The number of imidazole rings is 1. The fraction of sp³-hybridized carbons (Fsp3) is 0.222. The number of benzene rings is 2. The summed E-state index contributed by atoms with van der Waals surface area (Å²) in [5, 5.41) is 2.83. The van der Waals surface area contributed by atoms with Crippen LogP contribution in [-0.2, 0) is 11.2 Å². The molecule has 0 saturated carbocycles. The molecule has 0 aliphatic rings. The number of hydrogen-bond acceptors (Lipinski definition) is 2. The number of carbonyl (C=O) groups excluding carboxylic acids is 1. The SMILES string of the molecule is CCNC(=O)CCc1nc2ccccc2n1-c1ccccc1. The number of nitrogens with one attached hydrogen (secondary N) is 1. The summed E-state index contributed by atoms with van der Waals surface area (Å²) in [5.41, 5.74) is 3.10. The third-order valence-electron chi connectivity index (χ3n) is 3.59. The maximum absolute atomic E-state index is 11.7. The van der Waals surface area contributed by atoms with Crippen LogP contribution in [0.5, 0.6) is 0 Å². The summed E-state index contributed by atoms with van der Waals surface area (Å²) in [6, 6.07) is 18.2. The standard InChI is InChI=1S/C18H19N3O/c1-2-19-18(22)13-12-17-20-15-10-6-7-11-16(15)21(17)14-8-4-3-5-9-14/h3-11H,2,12-13H2,1H3,(H,19,22). The van der Waals surface area contributed by atoms with Gasteiger partial charge in [-0.1, -0.05) is 30.3 Å². The monoisotopic (exact) mass is 293 g/mol. The number of amides is 1. The number of nitrogens with zero attached hydrogens (tertiary/aromatic N) is 2. The molecule has 0 saturated heterocycles. The summed E-state index contributed by atoms with van der Waals surface area (Å²) in [6.45, 7) is 2.59. The summed E-state index contributed by atoms with van der Waals surface area (Å²) in [7, 11) is 0. The van der Waals surface area contributed by atoms with Crippen LogP contribution in [0.2, 0.25) is 0 Å². The predicted molar refractivity (Wildman–Crippen MR) is 88.1 cm³/mol. The number of rotatable bonds is 5. The van der Waals surface area contributed by atoms with E-state index in [0.29, 0.717) is 19.4 Å². The molecule has 0 radical (unpaired) electrons. The van der Waals surface area contributed by atoms with E-state index in [9.17, 15) is 4.79 Å².